The quantitative estimate of drug-likeness (QED) is 0.641. The van der Waals surface area contributed by atoms with Crippen LogP contribution in [0.3, 0.4) is 0 Å². The van der Waals surface area contributed by atoms with Gasteiger partial charge in [0, 0.05) is 20.1 Å². The van der Waals surface area contributed by atoms with Crippen molar-refractivity contribution in [3.05, 3.63) is 24.1 Å². The fraction of sp³-hybridized carbons (Fsp3) is 0.619. The largest absolute Gasteiger partial charge is 0.348 e. The maximum Gasteiger partial charge on any atom is 0.248 e. The molecule has 0 aromatic carbocycles. The summed E-state index contributed by atoms with van der Waals surface area (Å²) in [6, 6.07) is 2.07. The Morgan fingerprint density at radius 3 is 2.79 bits per heavy atom. The summed E-state index contributed by atoms with van der Waals surface area (Å²) >= 11 is 0. The fourth-order valence-electron chi connectivity index (χ4n) is 4.09. The lowest BCUT2D eigenvalue weighted by atomic mass is 9.99. The molecule has 1 aromatic rings. The lowest BCUT2D eigenvalue weighted by molar-refractivity contribution is -0.141. The molecule has 1 aliphatic carbocycles. The molecule has 3 amide bonds. The minimum absolute atomic E-state index is 0.0414. The lowest BCUT2D eigenvalue weighted by Gasteiger charge is -2.29. The summed E-state index contributed by atoms with van der Waals surface area (Å²) in [5.74, 6) is -0.889. The van der Waals surface area contributed by atoms with Crippen LogP contribution in [0.5, 0.6) is 0 Å². The molecule has 0 radical (unpaired) electrons. The van der Waals surface area contributed by atoms with Crippen LogP contribution in [0.25, 0.3) is 0 Å². The number of likely N-dealkylation sites (tertiary alicyclic amines) is 1. The molecule has 0 bridgehead atoms. The molecule has 2 fully saturated rings. The van der Waals surface area contributed by atoms with Crippen molar-refractivity contribution in [3.8, 4) is 0 Å². The van der Waals surface area contributed by atoms with E-state index in [2.05, 4.69) is 17.2 Å². The van der Waals surface area contributed by atoms with E-state index in [9.17, 15) is 18.8 Å². The van der Waals surface area contributed by atoms with Gasteiger partial charge in [-0.25, -0.2) is 9.37 Å². The number of nitrogens with zero attached hydrogens (tertiary/aromatic N) is 3. The van der Waals surface area contributed by atoms with Crippen molar-refractivity contribution < 1.29 is 18.8 Å². The number of aromatic nitrogens is 1. The first-order valence-electron chi connectivity index (χ1n) is 10.3. The summed E-state index contributed by atoms with van der Waals surface area (Å²) in [5, 5.41) is 2.72. The van der Waals surface area contributed by atoms with Gasteiger partial charge in [-0.2, -0.15) is 0 Å². The molecule has 1 aliphatic heterocycles. The number of carbonyl (C=O) groups is 3. The van der Waals surface area contributed by atoms with Gasteiger partial charge in [0.05, 0.1) is 12.1 Å². The minimum atomic E-state index is -0.567. The van der Waals surface area contributed by atoms with Crippen LogP contribution in [0.15, 0.2) is 18.3 Å². The molecule has 2 heterocycles. The van der Waals surface area contributed by atoms with Crippen molar-refractivity contribution in [3.63, 3.8) is 0 Å². The predicted octanol–water partition coefficient (Wildman–Crippen LogP) is 2.43. The number of hydrogen-bond donors (Lipinski definition) is 1. The number of halogens is 1. The average molecular weight is 404 g/mol. The summed E-state index contributed by atoms with van der Waals surface area (Å²) in [6.45, 7) is 2.99. The van der Waals surface area contributed by atoms with Crippen molar-refractivity contribution in [1.29, 1.82) is 0 Å². The van der Waals surface area contributed by atoms with Gasteiger partial charge in [-0.15, -0.1) is 0 Å². The van der Waals surface area contributed by atoms with Crippen LogP contribution in [-0.2, 0) is 14.4 Å². The molecule has 1 spiro atoms. The van der Waals surface area contributed by atoms with E-state index in [-0.39, 0.29) is 29.0 Å². The molecular weight excluding hydrogens is 375 g/mol. The molecule has 29 heavy (non-hydrogen) atoms. The number of rotatable bonds is 9. The van der Waals surface area contributed by atoms with Gasteiger partial charge >= 0.3 is 0 Å². The van der Waals surface area contributed by atoms with Crippen LogP contribution in [0.2, 0.25) is 0 Å². The van der Waals surface area contributed by atoms with Gasteiger partial charge in [0.2, 0.25) is 18.2 Å². The molecule has 2 atom stereocenters. The zero-order valence-electron chi connectivity index (χ0n) is 17.1. The molecule has 1 saturated carbocycles. The monoisotopic (exact) mass is 404 g/mol. The van der Waals surface area contributed by atoms with Crippen molar-refractivity contribution in [2.45, 2.75) is 51.5 Å². The number of carbonyl (C=O) groups excluding carboxylic acids is 3. The second-order valence-electron chi connectivity index (χ2n) is 8.42. The number of hydrogen-bond acceptors (Lipinski definition) is 4. The fourth-order valence-corrected chi connectivity index (χ4v) is 4.09. The Kier molecular flexibility index (Phi) is 6.49. The number of pyridine rings is 1. The van der Waals surface area contributed by atoms with Gasteiger partial charge < -0.3 is 15.1 Å². The second-order valence-corrected chi connectivity index (χ2v) is 8.42. The van der Waals surface area contributed by atoms with Crippen LogP contribution in [0, 0.1) is 17.2 Å². The van der Waals surface area contributed by atoms with Crippen LogP contribution in [0.1, 0.15) is 45.4 Å². The highest BCUT2D eigenvalue weighted by atomic mass is 19.1. The maximum atomic E-state index is 13.4. The van der Waals surface area contributed by atoms with Crippen molar-refractivity contribution in [2.75, 3.05) is 25.5 Å². The Morgan fingerprint density at radius 2 is 2.21 bits per heavy atom. The van der Waals surface area contributed by atoms with Gasteiger partial charge in [0.15, 0.2) is 0 Å². The summed E-state index contributed by atoms with van der Waals surface area (Å²) in [6.07, 6.45) is 6.97. The maximum absolute atomic E-state index is 13.4. The van der Waals surface area contributed by atoms with Crippen LogP contribution >= 0.6 is 0 Å². The van der Waals surface area contributed by atoms with Crippen molar-refractivity contribution in [2.24, 2.45) is 11.3 Å². The molecule has 1 N–H and O–H groups in total. The van der Waals surface area contributed by atoms with Crippen LogP contribution in [0.4, 0.5) is 10.2 Å². The van der Waals surface area contributed by atoms with E-state index >= 15 is 0 Å². The van der Waals surface area contributed by atoms with Gasteiger partial charge in [-0.05, 0) is 43.2 Å². The Hall–Kier alpha value is -2.51. The highest BCUT2D eigenvalue weighted by Crippen LogP contribution is 2.55. The van der Waals surface area contributed by atoms with Gasteiger partial charge in [-0.3, -0.25) is 14.4 Å². The van der Waals surface area contributed by atoms with Gasteiger partial charge in [-0.1, -0.05) is 19.8 Å². The molecule has 158 valence electrons. The van der Waals surface area contributed by atoms with E-state index in [1.807, 2.05) is 0 Å². The second kappa shape index (κ2) is 8.88. The SMILES string of the molecule is CCCC[C@H](CN(C)C=O)C(=O)N1CC2(CC2)C[C@H]1C(=O)Nc1ccc(F)cn1. The lowest BCUT2D eigenvalue weighted by Crippen LogP contribution is -2.47. The van der Waals surface area contributed by atoms with E-state index < -0.39 is 11.9 Å². The summed E-state index contributed by atoms with van der Waals surface area (Å²) < 4.78 is 13.1. The molecule has 7 nitrogen and oxygen atoms in total. The summed E-state index contributed by atoms with van der Waals surface area (Å²) in [4.78, 5) is 44.4. The smallest absolute Gasteiger partial charge is 0.248 e. The predicted molar refractivity (Wildman–Crippen MR) is 106 cm³/mol. The van der Waals surface area contributed by atoms with E-state index in [1.54, 1.807) is 11.9 Å². The van der Waals surface area contributed by atoms with E-state index in [0.717, 1.165) is 38.3 Å². The van der Waals surface area contributed by atoms with Crippen molar-refractivity contribution in [1.82, 2.24) is 14.8 Å². The van der Waals surface area contributed by atoms with Crippen molar-refractivity contribution >= 4 is 24.0 Å². The third-order valence-corrected chi connectivity index (χ3v) is 5.97. The number of anilines is 1. The first kappa shape index (κ1) is 21.2. The first-order chi connectivity index (χ1) is 13.9. The number of amides is 3. The highest BCUT2D eigenvalue weighted by molar-refractivity contribution is 5.97. The van der Waals surface area contributed by atoms with E-state index in [1.165, 1.54) is 17.0 Å². The Morgan fingerprint density at radius 1 is 1.45 bits per heavy atom. The summed E-state index contributed by atoms with van der Waals surface area (Å²) in [5.41, 5.74) is 0.0414. The summed E-state index contributed by atoms with van der Waals surface area (Å²) in [7, 11) is 1.66. The van der Waals surface area contributed by atoms with Gasteiger partial charge in [0.1, 0.15) is 17.7 Å². The Balaban J connectivity index is 1.74. The average Bonchev–Trinajstić information content (AvgIpc) is 3.36. The van der Waals surface area contributed by atoms with E-state index in [4.69, 9.17) is 0 Å². The van der Waals surface area contributed by atoms with Crippen LogP contribution < -0.4 is 5.32 Å². The zero-order chi connectivity index (χ0) is 21.0. The zero-order valence-corrected chi connectivity index (χ0v) is 17.1. The van der Waals surface area contributed by atoms with E-state index in [0.29, 0.717) is 25.9 Å². The number of unbranched alkanes of at least 4 members (excludes halogenated alkanes) is 1. The molecule has 8 heteroatoms. The molecule has 2 aliphatic rings. The third-order valence-electron chi connectivity index (χ3n) is 5.97. The Labute approximate surface area is 170 Å². The molecule has 1 saturated heterocycles. The normalized spacial score (nSPS) is 20.4. The third kappa shape index (κ3) is 5.10. The van der Waals surface area contributed by atoms with Crippen LogP contribution in [-0.4, -0.2) is 59.2 Å². The molecule has 0 unspecified atom stereocenters. The standard InChI is InChI=1S/C21H29FN4O3/c1-3-4-5-15(12-25(2)14-27)20(29)26-13-21(8-9-21)10-17(26)19(28)24-18-7-6-16(22)11-23-18/h6-7,11,14-15,17H,3-5,8-10,12-13H2,1-2H3,(H,23,24,28)/t15-,17+/m1/s1. The minimum Gasteiger partial charge on any atom is -0.348 e. The molecule has 1 aromatic heterocycles. The molecular formula is C21H29FN4O3. The highest BCUT2D eigenvalue weighted by Gasteiger charge is 2.55. The van der Waals surface area contributed by atoms with Gasteiger partial charge in [0.25, 0.3) is 0 Å². The topological polar surface area (TPSA) is 82.6 Å². The number of nitrogens with one attached hydrogen (secondary N) is 1. The molecule has 3 rings (SSSR count). The Bertz CT molecular complexity index is 751. The first-order valence-corrected chi connectivity index (χ1v) is 10.3.